The summed E-state index contributed by atoms with van der Waals surface area (Å²) in [6.45, 7) is 22.8. The quantitative estimate of drug-likeness (QED) is 0.300. The van der Waals surface area contributed by atoms with E-state index >= 15 is 0 Å². The van der Waals surface area contributed by atoms with Crippen molar-refractivity contribution in [1.82, 2.24) is 0 Å². The van der Waals surface area contributed by atoms with Crippen LogP contribution >= 0.6 is 0 Å². The summed E-state index contributed by atoms with van der Waals surface area (Å²) >= 11 is 0. The van der Waals surface area contributed by atoms with Gasteiger partial charge in [-0.05, 0) is 71.7 Å². The van der Waals surface area contributed by atoms with Gasteiger partial charge in [-0.2, -0.15) is 0 Å². The maximum absolute atomic E-state index is 12.7. The molecule has 1 saturated heterocycles. The fourth-order valence-corrected chi connectivity index (χ4v) is 5.66. The molecule has 186 valence electrons. The van der Waals surface area contributed by atoms with Crippen molar-refractivity contribution >= 4 is 22.6 Å². The van der Waals surface area contributed by atoms with E-state index in [0.717, 1.165) is 22.6 Å². The first-order valence-electron chi connectivity index (χ1n) is 12.3. The number of carbonyl (C=O) groups is 1. The van der Waals surface area contributed by atoms with E-state index in [1.807, 2.05) is 36.4 Å². The van der Waals surface area contributed by atoms with Gasteiger partial charge in [0.1, 0.15) is 11.5 Å². The molecule has 1 aliphatic rings. The summed E-state index contributed by atoms with van der Waals surface area (Å²) in [5, 5.41) is 0.273. The summed E-state index contributed by atoms with van der Waals surface area (Å²) in [7, 11) is -3.80. The number of hydrogen-bond acceptors (Lipinski definition) is 4. The molecule has 2 atom stereocenters. The van der Waals surface area contributed by atoms with E-state index in [-0.39, 0.29) is 27.9 Å². The van der Waals surface area contributed by atoms with Crippen LogP contribution in [-0.2, 0) is 9.53 Å². The van der Waals surface area contributed by atoms with Gasteiger partial charge in [-0.25, -0.2) is 0 Å². The molecule has 0 unspecified atom stereocenters. The van der Waals surface area contributed by atoms with Gasteiger partial charge in [-0.3, -0.25) is 4.79 Å². The predicted octanol–water partition coefficient (Wildman–Crippen LogP) is 7.88. The minimum absolute atomic E-state index is 0.0124. The lowest BCUT2D eigenvalue weighted by Gasteiger charge is -2.36. The Morgan fingerprint density at radius 2 is 1.09 bits per heavy atom. The van der Waals surface area contributed by atoms with Gasteiger partial charge in [0.2, 0.25) is 16.6 Å². The topological polar surface area (TPSA) is 44.8 Å². The largest absolute Gasteiger partial charge is 0.544 e. The monoisotopic (exact) mass is 498 g/mol. The van der Waals surface area contributed by atoms with Crippen LogP contribution in [0.2, 0.25) is 36.3 Å². The average molecular weight is 499 g/mol. The van der Waals surface area contributed by atoms with Crippen LogP contribution in [0.15, 0.2) is 48.5 Å². The van der Waals surface area contributed by atoms with E-state index < -0.39 is 16.6 Å². The second-order valence-electron chi connectivity index (χ2n) is 12.6. The molecule has 0 spiro atoms. The number of hydrogen-bond donors (Lipinski definition) is 0. The molecule has 0 N–H and O–H groups in total. The van der Waals surface area contributed by atoms with Gasteiger partial charge in [0.25, 0.3) is 0 Å². The molecule has 1 heterocycles. The Labute approximate surface area is 208 Å². The third-order valence-corrected chi connectivity index (χ3v) is 16.7. The third-order valence-electron chi connectivity index (χ3n) is 7.97. The maximum Gasteiger partial charge on any atom is 0.314 e. The van der Waals surface area contributed by atoms with E-state index in [9.17, 15) is 4.79 Å². The Morgan fingerprint density at radius 1 is 0.706 bits per heavy atom. The molecule has 4 nitrogen and oxygen atoms in total. The molecular weight excluding hydrogens is 456 g/mol. The number of carbonyl (C=O) groups excluding carboxylic acids is 1. The molecule has 3 rings (SSSR count). The SMILES string of the molecule is CC(C)(C)[Si](C)(C)Oc1ccc([C@H]2C(=O)OC[C@H]2c2ccc(O[Si](C)(C)C(C)(C)C)cc2)cc1. The first-order valence-corrected chi connectivity index (χ1v) is 18.1. The molecule has 34 heavy (non-hydrogen) atoms. The Hall–Kier alpha value is -2.06. The molecule has 0 bridgehead atoms. The molecule has 2 aromatic rings. The number of cyclic esters (lactones) is 1. The van der Waals surface area contributed by atoms with Gasteiger partial charge >= 0.3 is 5.97 Å². The van der Waals surface area contributed by atoms with E-state index in [4.69, 9.17) is 13.6 Å². The fourth-order valence-electron chi connectivity index (χ4n) is 3.60. The summed E-state index contributed by atoms with van der Waals surface area (Å²) in [6.07, 6.45) is 0. The van der Waals surface area contributed by atoms with Gasteiger partial charge in [0.05, 0.1) is 12.5 Å². The molecule has 1 aliphatic heterocycles. The number of benzene rings is 2. The van der Waals surface area contributed by atoms with Crippen LogP contribution in [0.3, 0.4) is 0 Å². The molecular formula is C28H42O4Si2. The number of ether oxygens (including phenoxy) is 1. The highest BCUT2D eigenvalue weighted by Gasteiger charge is 2.41. The summed E-state index contributed by atoms with van der Waals surface area (Å²) < 4.78 is 18.3. The van der Waals surface area contributed by atoms with Gasteiger partial charge < -0.3 is 13.6 Å². The van der Waals surface area contributed by atoms with E-state index in [1.165, 1.54) is 0 Å². The minimum Gasteiger partial charge on any atom is -0.544 e. The Morgan fingerprint density at radius 3 is 1.47 bits per heavy atom. The predicted molar refractivity (Wildman–Crippen MR) is 145 cm³/mol. The number of esters is 1. The van der Waals surface area contributed by atoms with Crippen LogP contribution in [-0.4, -0.2) is 29.2 Å². The van der Waals surface area contributed by atoms with Gasteiger partial charge in [0.15, 0.2) is 0 Å². The zero-order valence-electron chi connectivity index (χ0n) is 22.6. The van der Waals surface area contributed by atoms with Crippen LogP contribution in [0.1, 0.15) is 64.5 Å². The smallest absolute Gasteiger partial charge is 0.314 e. The van der Waals surface area contributed by atoms with Crippen molar-refractivity contribution < 1.29 is 18.4 Å². The summed E-state index contributed by atoms with van der Waals surface area (Å²) in [5.41, 5.74) is 2.07. The summed E-state index contributed by atoms with van der Waals surface area (Å²) in [4.78, 5) is 12.7. The van der Waals surface area contributed by atoms with Crippen molar-refractivity contribution in [3.8, 4) is 11.5 Å². The first kappa shape index (κ1) is 26.5. The van der Waals surface area contributed by atoms with Crippen molar-refractivity contribution in [3.63, 3.8) is 0 Å². The van der Waals surface area contributed by atoms with Crippen LogP contribution in [0.5, 0.6) is 11.5 Å². The molecule has 2 aromatic carbocycles. The van der Waals surface area contributed by atoms with Crippen molar-refractivity contribution in [2.24, 2.45) is 0 Å². The van der Waals surface area contributed by atoms with Crippen LogP contribution in [0, 0.1) is 0 Å². The standard InChI is InChI=1S/C28H42O4Si2/c1-27(2,3)33(7,8)31-22-15-11-20(12-16-22)24-19-30-26(29)25(24)21-13-17-23(18-14-21)32-34(9,10)28(4,5)6/h11-18,24-25H,19H2,1-10H3/t24-,25+/m0/s1. The fraction of sp³-hybridized carbons (Fsp3) is 0.536. The normalized spacial score (nSPS) is 19.6. The zero-order valence-corrected chi connectivity index (χ0v) is 24.6. The molecule has 0 aliphatic carbocycles. The lowest BCUT2D eigenvalue weighted by molar-refractivity contribution is -0.139. The van der Waals surface area contributed by atoms with Crippen LogP contribution in [0.25, 0.3) is 0 Å². The summed E-state index contributed by atoms with van der Waals surface area (Å²) in [6, 6.07) is 16.2. The number of rotatable bonds is 6. The highest BCUT2D eigenvalue weighted by Crippen LogP contribution is 2.42. The molecule has 0 amide bonds. The first-order chi connectivity index (χ1) is 15.5. The van der Waals surface area contributed by atoms with Gasteiger partial charge in [0, 0.05) is 5.92 Å². The molecule has 0 radical (unpaired) electrons. The highest BCUT2D eigenvalue weighted by molar-refractivity contribution is 6.75. The van der Waals surface area contributed by atoms with E-state index in [1.54, 1.807) is 0 Å². The average Bonchev–Trinajstić information content (AvgIpc) is 3.08. The van der Waals surface area contributed by atoms with Crippen molar-refractivity contribution in [2.75, 3.05) is 6.61 Å². The molecule has 0 saturated carbocycles. The van der Waals surface area contributed by atoms with E-state index in [0.29, 0.717) is 6.61 Å². The lowest BCUT2D eigenvalue weighted by atomic mass is 9.83. The van der Waals surface area contributed by atoms with Crippen molar-refractivity contribution in [3.05, 3.63) is 59.7 Å². The van der Waals surface area contributed by atoms with Crippen molar-refractivity contribution in [1.29, 1.82) is 0 Å². The van der Waals surface area contributed by atoms with Crippen LogP contribution < -0.4 is 8.85 Å². The third kappa shape index (κ3) is 5.60. The summed E-state index contributed by atoms with van der Waals surface area (Å²) in [5.74, 6) is 1.27. The molecule has 0 aromatic heterocycles. The Bertz CT molecular complexity index is 997. The minimum atomic E-state index is -1.91. The van der Waals surface area contributed by atoms with E-state index in [2.05, 4.69) is 79.9 Å². The zero-order chi connectivity index (χ0) is 25.5. The van der Waals surface area contributed by atoms with Gasteiger partial charge in [-0.1, -0.05) is 65.8 Å². The Balaban J connectivity index is 1.78. The molecule has 6 heteroatoms. The Kier molecular flexibility index (Phi) is 7.18. The maximum atomic E-state index is 12.7. The molecule has 1 fully saturated rings. The second-order valence-corrected chi connectivity index (χ2v) is 22.0. The lowest BCUT2D eigenvalue weighted by Crippen LogP contribution is -2.43. The highest BCUT2D eigenvalue weighted by atomic mass is 28.4. The van der Waals surface area contributed by atoms with Crippen molar-refractivity contribution in [2.45, 2.75) is 89.6 Å². The second kappa shape index (κ2) is 9.19. The van der Waals surface area contributed by atoms with Gasteiger partial charge in [-0.15, -0.1) is 0 Å². The van der Waals surface area contributed by atoms with Crippen LogP contribution in [0.4, 0.5) is 0 Å².